The highest BCUT2D eigenvalue weighted by Gasteiger charge is 2.28. The second kappa shape index (κ2) is 11.6. The Morgan fingerprint density at radius 2 is 1.93 bits per heavy atom. The third-order valence-electron chi connectivity index (χ3n) is 4.87. The maximum Gasteiger partial charge on any atom is 0.251 e. The predicted octanol–water partition coefficient (Wildman–Crippen LogP) is 1.09. The van der Waals surface area contributed by atoms with E-state index in [0.717, 1.165) is 38.8 Å². The van der Waals surface area contributed by atoms with Crippen LogP contribution in [-0.2, 0) is 4.74 Å². The largest absolute Gasteiger partial charge is 0.497 e. The quantitative estimate of drug-likeness (QED) is 0.324. The molecule has 1 saturated heterocycles. The minimum atomic E-state index is -0.124. The van der Waals surface area contributed by atoms with E-state index in [-0.39, 0.29) is 11.4 Å². The van der Waals surface area contributed by atoms with Crippen LogP contribution in [0.2, 0.25) is 0 Å². The highest BCUT2D eigenvalue weighted by molar-refractivity contribution is 5.94. The number of methoxy groups -OCH3 is 1. The first-order valence-electron chi connectivity index (χ1n) is 10.2. The standard InChI is InChI=1S/C21H35N5O3/c1-5-22-20(25-16-21(2,3)26-11-13-29-14-12-26)24-10-9-23-19(27)17-7-6-8-18(15-17)28-4/h6-8,15H,5,9-14,16H2,1-4H3,(H,23,27)(H2,22,24,25). The molecule has 1 aliphatic heterocycles. The molecule has 1 aromatic carbocycles. The van der Waals surface area contributed by atoms with Crippen LogP contribution in [0, 0.1) is 0 Å². The molecule has 1 aromatic rings. The fourth-order valence-corrected chi connectivity index (χ4v) is 3.11. The molecule has 0 unspecified atom stereocenters. The van der Waals surface area contributed by atoms with Gasteiger partial charge in [0.05, 0.1) is 26.9 Å². The summed E-state index contributed by atoms with van der Waals surface area (Å²) >= 11 is 0. The molecular weight excluding hydrogens is 370 g/mol. The molecule has 1 fully saturated rings. The predicted molar refractivity (Wildman–Crippen MR) is 116 cm³/mol. The Kier molecular flexibility index (Phi) is 9.21. The average molecular weight is 406 g/mol. The van der Waals surface area contributed by atoms with Crippen LogP contribution in [0.3, 0.4) is 0 Å². The van der Waals surface area contributed by atoms with E-state index < -0.39 is 0 Å². The first-order valence-corrected chi connectivity index (χ1v) is 10.2. The molecule has 0 aromatic heterocycles. The molecule has 162 valence electrons. The summed E-state index contributed by atoms with van der Waals surface area (Å²) in [4.78, 5) is 19.4. The zero-order valence-electron chi connectivity index (χ0n) is 18.1. The van der Waals surface area contributed by atoms with Crippen LogP contribution < -0.4 is 20.7 Å². The number of morpholine rings is 1. The number of guanidine groups is 1. The lowest BCUT2D eigenvalue weighted by molar-refractivity contribution is -0.00683. The van der Waals surface area contributed by atoms with Crippen molar-refractivity contribution in [3.05, 3.63) is 29.8 Å². The number of carbonyl (C=O) groups excluding carboxylic acids is 1. The number of ether oxygens (including phenoxy) is 2. The Morgan fingerprint density at radius 3 is 2.62 bits per heavy atom. The van der Waals surface area contributed by atoms with Crippen LogP contribution in [0.15, 0.2) is 29.3 Å². The minimum absolute atomic E-state index is 0.0350. The zero-order valence-corrected chi connectivity index (χ0v) is 18.1. The van der Waals surface area contributed by atoms with Crippen molar-refractivity contribution in [2.45, 2.75) is 26.3 Å². The molecule has 0 aliphatic carbocycles. The number of hydrogen-bond acceptors (Lipinski definition) is 5. The molecule has 1 heterocycles. The number of amides is 1. The van der Waals surface area contributed by atoms with Crippen molar-refractivity contribution >= 4 is 11.9 Å². The van der Waals surface area contributed by atoms with Gasteiger partial charge in [-0.15, -0.1) is 0 Å². The molecule has 8 nitrogen and oxygen atoms in total. The monoisotopic (exact) mass is 405 g/mol. The summed E-state index contributed by atoms with van der Waals surface area (Å²) in [6.07, 6.45) is 0. The maximum absolute atomic E-state index is 12.3. The van der Waals surface area contributed by atoms with E-state index >= 15 is 0 Å². The average Bonchev–Trinajstić information content (AvgIpc) is 2.75. The topological polar surface area (TPSA) is 87.2 Å². The van der Waals surface area contributed by atoms with Crippen molar-refractivity contribution < 1.29 is 14.3 Å². The highest BCUT2D eigenvalue weighted by atomic mass is 16.5. The van der Waals surface area contributed by atoms with Crippen LogP contribution in [0.5, 0.6) is 5.75 Å². The SMILES string of the molecule is CCNC(=NCC(C)(C)N1CCOCC1)NCCNC(=O)c1cccc(OC)c1. The van der Waals surface area contributed by atoms with Gasteiger partial charge < -0.3 is 25.4 Å². The van der Waals surface area contributed by atoms with Gasteiger partial charge in [0.1, 0.15) is 5.75 Å². The third kappa shape index (κ3) is 7.55. The molecule has 0 bridgehead atoms. The van der Waals surface area contributed by atoms with Gasteiger partial charge in [-0.3, -0.25) is 14.7 Å². The number of benzene rings is 1. The number of hydrogen-bond donors (Lipinski definition) is 3. The van der Waals surface area contributed by atoms with Gasteiger partial charge in [0.15, 0.2) is 5.96 Å². The van der Waals surface area contributed by atoms with Crippen molar-refractivity contribution in [3.8, 4) is 5.75 Å². The molecule has 1 amide bonds. The summed E-state index contributed by atoms with van der Waals surface area (Å²) in [7, 11) is 1.59. The van der Waals surface area contributed by atoms with Crippen molar-refractivity contribution in [2.75, 3.05) is 59.6 Å². The first kappa shape index (κ1) is 23.0. The molecular formula is C21H35N5O3. The van der Waals surface area contributed by atoms with Crippen molar-refractivity contribution in [2.24, 2.45) is 4.99 Å². The van der Waals surface area contributed by atoms with Crippen molar-refractivity contribution in [1.29, 1.82) is 0 Å². The van der Waals surface area contributed by atoms with Gasteiger partial charge in [-0.1, -0.05) is 6.07 Å². The molecule has 1 aliphatic rings. The van der Waals surface area contributed by atoms with Crippen LogP contribution in [0.25, 0.3) is 0 Å². The van der Waals surface area contributed by atoms with Gasteiger partial charge in [0.2, 0.25) is 0 Å². The Balaban J connectivity index is 1.80. The molecule has 3 N–H and O–H groups in total. The second-order valence-electron chi connectivity index (χ2n) is 7.52. The van der Waals surface area contributed by atoms with Gasteiger partial charge >= 0.3 is 0 Å². The van der Waals surface area contributed by atoms with Crippen molar-refractivity contribution in [1.82, 2.24) is 20.9 Å². The number of rotatable bonds is 9. The summed E-state index contributed by atoms with van der Waals surface area (Å²) in [5.74, 6) is 1.30. The van der Waals surface area contributed by atoms with Crippen molar-refractivity contribution in [3.63, 3.8) is 0 Å². The second-order valence-corrected chi connectivity index (χ2v) is 7.52. The Hall–Kier alpha value is -2.32. The number of aliphatic imine (C=N–C) groups is 1. The lowest BCUT2D eigenvalue weighted by Gasteiger charge is -2.39. The van der Waals surface area contributed by atoms with Gasteiger partial charge in [0.25, 0.3) is 5.91 Å². The summed E-state index contributed by atoms with van der Waals surface area (Å²) in [6.45, 7) is 12.4. The lowest BCUT2D eigenvalue weighted by atomic mass is 10.0. The Morgan fingerprint density at radius 1 is 1.21 bits per heavy atom. The van der Waals surface area contributed by atoms with E-state index in [1.54, 1.807) is 25.3 Å². The van der Waals surface area contributed by atoms with E-state index in [2.05, 4.69) is 34.7 Å². The summed E-state index contributed by atoms with van der Waals surface area (Å²) in [6, 6.07) is 7.11. The van der Waals surface area contributed by atoms with E-state index in [1.165, 1.54) is 0 Å². The Bertz CT molecular complexity index is 672. The molecule has 0 spiro atoms. The third-order valence-corrected chi connectivity index (χ3v) is 4.87. The fourth-order valence-electron chi connectivity index (χ4n) is 3.11. The minimum Gasteiger partial charge on any atom is -0.497 e. The summed E-state index contributed by atoms with van der Waals surface area (Å²) in [5.41, 5.74) is 0.546. The fraction of sp³-hybridized carbons (Fsp3) is 0.619. The molecule has 0 radical (unpaired) electrons. The first-order chi connectivity index (χ1) is 14.0. The highest BCUT2D eigenvalue weighted by Crippen LogP contribution is 2.16. The molecule has 29 heavy (non-hydrogen) atoms. The summed E-state index contributed by atoms with van der Waals surface area (Å²) < 4.78 is 10.6. The van der Waals surface area contributed by atoms with E-state index in [1.807, 2.05) is 13.0 Å². The van der Waals surface area contributed by atoms with Crippen LogP contribution in [0.4, 0.5) is 0 Å². The normalized spacial score (nSPS) is 15.7. The molecule has 8 heteroatoms. The molecule has 0 atom stereocenters. The van der Waals surface area contributed by atoms with Crippen LogP contribution in [0.1, 0.15) is 31.1 Å². The number of nitrogens with one attached hydrogen (secondary N) is 3. The zero-order chi connectivity index (χ0) is 21.1. The molecule has 2 rings (SSSR count). The van der Waals surface area contributed by atoms with Gasteiger partial charge in [-0.25, -0.2) is 0 Å². The van der Waals surface area contributed by atoms with Gasteiger partial charge in [-0.2, -0.15) is 0 Å². The van der Waals surface area contributed by atoms with Gasteiger partial charge in [-0.05, 0) is 39.0 Å². The van der Waals surface area contributed by atoms with Gasteiger partial charge in [0, 0.05) is 43.8 Å². The van der Waals surface area contributed by atoms with Crippen LogP contribution in [-0.4, -0.2) is 81.9 Å². The van der Waals surface area contributed by atoms with E-state index in [9.17, 15) is 4.79 Å². The summed E-state index contributed by atoms with van der Waals surface area (Å²) in [5, 5.41) is 9.45. The number of nitrogens with zero attached hydrogens (tertiary/aromatic N) is 2. The maximum atomic E-state index is 12.3. The number of carbonyl (C=O) groups is 1. The van der Waals surface area contributed by atoms with Crippen LogP contribution >= 0.6 is 0 Å². The smallest absolute Gasteiger partial charge is 0.251 e. The molecule has 0 saturated carbocycles. The lowest BCUT2D eigenvalue weighted by Crippen LogP contribution is -2.52. The Labute approximate surface area is 174 Å². The van der Waals surface area contributed by atoms with E-state index in [0.29, 0.717) is 30.9 Å². The van der Waals surface area contributed by atoms with E-state index in [4.69, 9.17) is 14.5 Å².